The third kappa shape index (κ3) is 6.36. The maximum absolute atomic E-state index is 12.8. The highest BCUT2D eigenvalue weighted by atomic mass is 19.4. The SMILES string of the molecule is CCCC(N)CC(CC(C)CC)C(F)(F)F. The van der Waals surface area contributed by atoms with Gasteiger partial charge in [0.25, 0.3) is 0 Å². The van der Waals surface area contributed by atoms with Crippen LogP contribution in [0.15, 0.2) is 0 Å². The minimum Gasteiger partial charge on any atom is -0.328 e. The van der Waals surface area contributed by atoms with Gasteiger partial charge in [0.05, 0.1) is 5.92 Å². The van der Waals surface area contributed by atoms with E-state index in [1.165, 1.54) is 0 Å². The van der Waals surface area contributed by atoms with E-state index in [1.54, 1.807) is 0 Å². The number of hydrogen-bond donors (Lipinski definition) is 1. The summed E-state index contributed by atoms with van der Waals surface area (Å²) in [6.45, 7) is 5.73. The molecule has 1 nitrogen and oxygen atoms in total. The Morgan fingerprint density at radius 3 is 2.06 bits per heavy atom. The minimum absolute atomic E-state index is 0.0711. The van der Waals surface area contributed by atoms with Crippen molar-refractivity contribution in [3.05, 3.63) is 0 Å². The number of rotatable bonds is 7. The van der Waals surface area contributed by atoms with E-state index in [0.29, 0.717) is 6.42 Å². The van der Waals surface area contributed by atoms with Gasteiger partial charge in [-0.3, -0.25) is 0 Å². The van der Waals surface area contributed by atoms with Gasteiger partial charge in [-0.1, -0.05) is 33.6 Å². The molecule has 4 heteroatoms. The maximum Gasteiger partial charge on any atom is 0.391 e. The summed E-state index contributed by atoms with van der Waals surface area (Å²) < 4.78 is 38.3. The van der Waals surface area contributed by atoms with Crippen LogP contribution in [0.2, 0.25) is 0 Å². The normalized spacial score (nSPS) is 18.2. The molecule has 16 heavy (non-hydrogen) atoms. The predicted octanol–water partition coefficient (Wildman–Crippen LogP) is 4.12. The first-order valence-corrected chi connectivity index (χ1v) is 6.13. The second-order valence-electron chi connectivity index (χ2n) is 4.77. The average molecular weight is 239 g/mol. The minimum atomic E-state index is -4.10. The van der Waals surface area contributed by atoms with E-state index in [4.69, 9.17) is 5.73 Å². The maximum atomic E-state index is 12.8. The summed E-state index contributed by atoms with van der Waals surface area (Å²) in [5, 5.41) is 0. The van der Waals surface area contributed by atoms with Crippen LogP contribution in [0.4, 0.5) is 13.2 Å². The lowest BCUT2D eigenvalue weighted by Gasteiger charge is -2.25. The predicted molar refractivity (Wildman–Crippen MR) is 61.1 cm³/mol. The summed E-state index contributed by atoms with van der Waals surface area (Å²) in [6, 6.07) is -0.319. The topological polar surface area (TPSA) is 26.0 Å². The lowest BCUT2D eigenvalue weighted by Crippen LogP contribution is -2.32. The van der Waals surface area contributed by atoms with E-state index in [1.807, 2.05) is 20.8 Å². The molecule has 98 valence electrons. The molecule has 0 aromatic rings. The van der Waals surface area contributed by atoms with Crippen molar-refractivity contribution in [3.63, 3.8) is 0 Å². The van der Waals surface area contributed by atoms with Crippen molar-refractivity contribution >= 4 is 0 Å². The average Bonchev–Trinajstić information content (AvgIpc) is 2.15. The van der Waals surface area contributed by atoms with E-state index in [-0.39, 0.29) is 24.8 Å². The molecule has 0 rings (SSSR count). The Balaban J connectivity index is 4.32. The second kappa shape index (κ2) is 7.15. The van der Waals surface area contributed by atoms with Crippen LogP contribution in [0.5, 0.6) is 0 Å². The van der Waals surface area contributed by atoms with Crippen molar-refractivity contribution in [3.8, 4) is 0 Å². The van der Waals surface area contributed by atoms with Crippen molar-refractivity contribution in [2.45, 2.75) is 65.1 Å². The zero-order valence-electron chi connectivity index (χ0n) is 10.5. The fourth-order valence-corrected chi connectivity index (χ4v) is 1.87. The van der Waals surface area contributed by atoms with Crippen molar-refractivity contribution in [2.24, 2.45) is 17.6 Å². The molecule has 0 fully saturated rings. The smallest absolute Gasteiger partial charge is 0.328 e. The molecule has 0 saturated heterocycles. The second-order valence-corrected chi connectivity index (χ2v) is 4.77. The first kappa shape index (κ1) is 15.8. The Morgan fingerprint density at radius 1 is 1.12 bits per heavy atom. The first-order chi connectivity index (χ1) is 7.31. The molecule has 0 aromatic carbocycles. The largest absolute Gasteiger partial charge is 0.391 e. The fourth-order valence-electron chi connectivity index (χ4n) is 1.87. The van der Waals surface area contributed by atoms with E-state index in [0.717, 1.165) is 12.8 Å². The molecule has 0 bridgehead atoms. The van der Waals surface area contributed by atoms with Gasteiger partial charge in [0, 0.05) is 6.04 Å². The molecule has 3 atom stereocenters. The Morgan fingerprint density at radius 2 is 1.69 bits per heavy atom. The van der Waals surface area contributed by atoms with Crippen LogP contribution in [0.3, 0.4) is 0 Å². The third-order valence-electron chi connectivity index (χ3n) is 3.09. The lowest BCUT2D eigenvalue weighted by atomic mass is 9.88. The molecule has 0 spiro atoms. The fraction of sp³-hybridized carbons (Fsp3) is 1.00. The number of hydrogen-bond acceptors (Lipinski definition) is 1. The Bertz CT molecular complexity index is 180. The molecule has 0 saturated carbocycles. The van der Waals surface area contributed by atoms with Crippen molar-refractivity contribution in [2.75, 3.05) is 0 Å². The summed E-state index contributed by atoms with van der Waals surface area (Å²) >= 11 is 0. The van der Waals surface area contributed by atoms with Gasteiger partial charge in [0.1, 0.15) is 0 Å². The quantitative estimate of drug-likeness (QED) is 0.710. The Kier molecular flexibility index (Phi) is 7.04. The Hall–Kier alpha value is -0.250. The van der Waals surface area contributed by atoms with Gasteiger partial charge in [0.15, 0.2) is 0 Å². The Labute approximate surface area is 96.6 Å². The molecule has 3 unspecified atom stereocenters. The molecule has 0 aromatic heterocycles. The van der Waals surface area contributed by atoms with Crippen LogP contribution in [0, 0.1) is 11.8 Å². The molecular weight excluding hydrogens is 215 g/mol. The highest BCUT2D eigenvalue weighted by molar-refractivity contribution is 4.75. The van der Waals surface area contributed by atoms with Crippen LogP contribution in [-0.2, 0) is 0 Å². The molecular formula is C12H24F3N. The third-order valence-corrected chi connectivity index (χ3v) is 3.09. The monoisotopic (exact) mass is 239 g/mol. The van der Waals surface area contributed by atoms with Gasteiger partial charge in [-0.15, -0.1) is 0 Å². The van der Waals surface area contributed by atoms with E-state index in [2.05, 4.69) is 0 Å². The molecule has 2 N–H and O–H groups in total. The molecule has 0 amide bonds. The van der Waals surface area contributed by atoms with Gasteiger partial charge < -0.3 is 5.73 Å². The van der Waals surface area contributed by atoms with E-state index in [9.17, 15) is 13.2 Å². The van der Waals surface area contributed by atoms with Crippen LogP contribution in [0.25, 0.3) is 0 Å². The molecule has 0 aliphatic rings. The number of alkyl halides is 3. The van der Waals surface area contributed by atoms with Crippen LogP contribution in [-0.4, -0.2) is 12.2 Å². The van der Waals surface area contributed by atoms with Gasteiger partial charge in [-0.05, 0) is 25.2 Å². The van der Waals surface area contributed by atoms with Crippen LogP contribution >= 0.6 is 0 Å². The highest BCUT2D eigenvalue weighted by Crippen LogP contribution is 2.35. The van der Waals surface area contributed by atoms with Crippen LogP contribution in [0.1, 0.15) is 52.9 Å². The van der Waals surface area contributed by atoms with E-state index >= 15 is 0 Å². The van der Waals surface area contributed by atoms with Gasteiger partial charge in [0.2, 0.25) is 0 Å². The summed E-state index contributed by atoms with van der Waals surface area (Å²) in [6.07, 6.45) is -1.52. The zero-order valence-corrected chi connectivity index (χ0v) is 10.5. The lowest BCUT2D eigenvalue weighted by molar-refractivity contribution is -0.182. The standard InChI is InChI=1S/C12H24F3N/c1-4-6-11(16)8-10(12(13,14)15)7-9(3)5-2/h9-11H,4-8,16H2,1-3H3. The van der Waals surface area contributed by atoms with Crippen molar-refractivity contribution < 1.29 is 13.2 Å². The summed E-state index contributed by atoms with van der Waals surface area (Å²) in [4.78, 5) is 0. The van der Waals surface area contributed by atoms with Crippen molar-refractivity contribution in [1.82, 2.24) is 0 Å². The number of halogens is 3. The molecule has 0 radical (unpaired) electrons. The first-order valence-electron chi connectivity index (χ1n) is 6.13. The van der Waals surface area contributed by atoms with Crippen LogP contribution < -0.4 is 5.73 Å². The zero-order chi connectivity index (χ0) is 12.8. The number of nitrogens with two attached hydrogens (primary N) is 1. The molecule has 0 aliphatic carbocycles. The highest BCUT2D eigenvalue weighted by Gasteiger charge is 2.40. The summed E-state index contributed by atoms with van der Waals surface area (Å²) in [5.41, 5.74) is 5.70. The van der Waals surface area contributed by atoms with Gasteiger partial charge in [-0.25, -0.2) is 0 Å². The van der Waals surface area contributed by atoms with E-state index < -0.39 is 12.1 Å². The van der Waals surface area contributed by atoms with Gasteiger partial charge >= 0.3 is 6.18 Å². The molecule has 0 heterocycles. The summed E-state index contributed by atoms with van der Waals surface area (Å²) in [7, 11) is 0. The van der Waals surface area contributed by atoms with Gasteiger partial charge in [-0.2, -0.15) is 13.2 Å². The molecule has 0 aliphatic heterocycles. The summed E-state index contributed by atoms with van der Waals surface area (Å²) in [5.74, 6) is -1.12. The van der Waals surface area contributed by atoms with Crippen molar-refractivity contribution in [1.29, 1.82) is 0 Å².